The molecule has 2 fully saturated rings. The molecule has 0 saturated carbocycles. The maximum atomic E-state index is 10.9. The first-order chi connectivity index (χ1) is 23.7. The summed E-state index contributed by atoms with van der Waals surface area (Å²) < 4.78 is 15.3. The fraction of sp³-hybridized carbons (Fsp3) is 0.382. The van der Waals surface area contributed by atoms with Gasteiger partial charge in [0.2, 0.25) is 0 Å². The van der Waals surface area contributed by atoms with Crippen molar-refractivity contribution in [2.45, 2.75) is 71.8 Å². The molecule has 0 spiro atoms. The van der Waals surface area contributed by atoms with Crippen LogP contribution in [0.5, 0.6) is 0 Å². The Morgan fingerprint density at radius 1 is 0.714 bits per heavy atom. The molecule has 2 aliphatic rings. The van der Waals surface area contributed by atoms with Gasteiger partial charge in [0, 0.05) is 58.3 Å². The summed E-state index contributed by atoms with van der Waals surface area (Å²) in [5.41, 5.74) is 12.2. The molecule has 2 atom stereocenters. The van der Waals surface area contributed by atoms with Crippen LogP contribution in [0, 0.1) is 41.0 Å². The number of rotatable bonds is 4. The average Bonchev–Trinajstić information content (AvgIpc) is 3.87. The van der Waals surface area contributed by atoms with Gasteiger partial charge in [-0.3, -0.25) is 25.3 Å². The predicted molar refractivity (Wildman–Crippen MR) is 185 cm³/mol. The van der Waals surface area contributed by atoms with Gasteiger partial charge in [0.1, 0.15) is 0 Å². The molecule has 3 aromatic heterocycles. The van der Waals surface area contributed by atoms with Crippen molar-refractivity contribution >= 4 is 49.8 Å². The molecule has 15 heteroatoms. The highest BCUT2D eigenvalue weighted by atomic mass is 16.6. The van der Waals surface area contributed by atoms with Crippen LogP contribution in [0.4, 0.5) is 17.1 Å². The Morgan fingerprint density at radius 2 is 1.22 bits per heavy atom. The highest BCUT2D eigenvalue weighted by Crippen LogP contribution is 2.32. The van der Waals surface area contributed by atoms with Gasteiger partial charge in [0.05, 0.1) is 45.0 Å². The van der Waals surface area contributed by atoms with E-state index in [2.05, 4.69) is 20.4 Å². The smallest absolute Gasteiger partial charge is 0.273 e. The van der Waals surface area contributed by atoms with E-state index in [9.17, 15) is 20.2 Å². The van der Waals surface area contributed by atoms with Crippen molar-refractivity contribution in [3.8, 4) is 0 Å². The number of nitrogens with zero attached hydrogens (tertiary/aromatic N) is 7. The number of anilines is 1. The van der Waals surface area contributed by atoms with Crippen molar-refractivity contribution in [3.05, 3.63) is 91.9 Å². The van der Waals surface area contributed by atoms with Crippen molar-refractivity contribution in [2.75, 3.05) is 18.9 Å². The number of hydrogen-bond acceptors (Lipinski definition) is 10. The summed E-state index contributed by atoms with van der Waals surface area (Å²) in [7, 11) is 0. The molecule has 256 valence electrons. The van der Waals surface area contributed by atoms with E-state index in [4.69, 9.17) is 15.2 Å². The third-order valence-electron chi connectivity index (χ3n) is 9.23. The van der Waals surface area contributed by atoms with Gasteiger partial charge < -0.3 is 15.2 Å². The molecule has 0 aliphatic carbocycles. The van der Waals surface area contributed by atoms with Crippen LogP contribution in [0.15, 0.2) is 55.0 Å². The molecule has 3 aromatic carbocycles. The Labute approximate surface area is 281 Å². The average molecular weight is 670 g/mol. The number of H-pyrrole nitrogens is 1. The maximum absolute atomic E-state index is 10.9. The third kappa shape index (κ3) is 6.80. The Hall–Kier alpha value is -5.41. The first-order valence-electron chi connectivity index (χ1n) is 16.3. The standard InChI is InChI=1S/C13H15N3O3.C13H17N3O.C8H7N3O2/c1-9-10-8-14-15(13-4-2-3-7-19-13)12(10)6-5-11(9)16(17)18;1-9-10-8-15-16(12(10)6-5-11(9)14)13-4-2-3-7-17-13;1-5-6-4-9-10-7(6)2-3-8(5)11(12)13/h5-6,8,13H,2-4,7H2,1H3;5-6,8,13H,2-4,7,14H2,1H3;2-4H,1H3,(H,9,10). The lowest BCUT2D eigenvalue weighted by Crippen LogP contribution is -2.18. The van der Waals surface area contributed by atoms with E-state index in [1.807, 2.05) is 34.6 Å². The van der Waals surface area contributed by atoms with E-state index < -0.39 is 0 Å². The van der Waals surface area contributed by atoms with E-state index in [1.165, 1.54) is 12.5 Å². The summed E-state index contributed by atoms with van der Waals surface area (Å²) >= 11 is 0. The number of nitro groups is 2. The van der Waals surface area contributed by atoms with Gasteiger partial charge in [-0.1, -0.05) is 0 Å². The van der Waals surface area contributed by atoms with Crippen molar-refractivity contribution in [1.82, 2.24) is 29.8 Å². The van der Waals surface area contributed by atoms with Crippen molar-refractivity contribution in [3.63, 3.8) is 0 Å². The fourth-order valence-corrected chi connectivity index (χ4v) is 6.36. The fourth-order valence-electron chi connectivity index (χ4n) is 6.36. The minimum Gasteiger partial charge on any atom is -0.398 e. The molecule has 6 aromatic rings. The molecule has 2 unspecified atom stereocenters. The Morgan fingerprint density at radius 3 is 1.76 bits per heavy atom. The highest BCUT2D eigenvalue weighted by Gasteiger charge is 2.22. The molecule has 0 bridgehead atoms. The van der Waals surface area contributed by atoms with Gasteiger partial charge in [-0.2, -0.15) is 15.3 Å². The van der Waals surface area contributed by atoms with Gasteiger partial charge in [-0.15, -0.1) is 0 Å². The highest BCUT2D eigenvalue weighted by molar-refractivity contribution is 5.87. The van der Waals surface area contributed by atoms with Crippen LogP contribution in [-0.2, 0) is 9.47 Å². The first kappa shape index (κ1) is 33.5. The molecular weight excluding hydrogens is 630 g/mol. The lowest BCUT2D eigenvalue weighted by molar-refractivity contribution is -0.385. The predicted octanol–water partition coefficient (Wildman–Crippen LogP) is 7.36. The number of nitrogens with two attached hydrogens (primary N) is 1. The minimum absolute atomic E-state index is 0.0490. The lowest BCUT2D eigenvalue weighted by Gasteiger charge is -2.23. The molecular formula is C34H39N9O6. The van der Waals surface area contributed by atoms with Crippen LogP contribution in [0.25, 0.3) is 32.7 Å². The van der Waals surface area contributed by atoms with Crippen LogP contribution < -0.4 is 5.73 Å². The molecule has 5 heterocycles. The Bertz CT molecular complexity index is 2120. The van der Waals surface area contributed by atoms with Gasteiger partial charge in [-0.25, -0.2) is 9.36 Å². The third-order valence-corrected chi connectivity index (χ3v) is 9.23. The molecule has 2 aliphatic heterocycles. The van der Waals surface area contributed by atoms with E-state index >= 15 is 0 Å². The van der Waals surface area contributed by atoms with Gasteiger partial charge >= 0.3 is 0 Å². The van der Waals surface area contributed by atoms with Crippen LogP contribution >= 0.6 is 0 Å². The largest absolute Gasteiger partial charge is 0.398 e. The Kier molecular flexibility index (Phi) is 9.82. The lowest BCUT2D eigenvalue weighted by atomic mass is 10.1. The number of aryl methyl sites for hydroxylation is 3. The molecule has 2 saturated heterocycles. The molecule has 0 radical (unpaired) electrons. The van der Waals surface area contributed by atoms with Gasteiger partial charge in [0.15, 0.2) is 12.5 Å². The van der Waals surface area contributed by atoms with E-state index in [0.29, 0.717) is 11.1 Å². The number of aromatic amines is 1. The number of nitrogens with one attached hydrogen (secondary N) is 1. The van der Waals surface area contributed by atoms with Gasteiger partial charge in [-0.05, 0) is 89.1 Å². The number of ether oxygens (including phenoxy) is 2. The van der Waals surface area contributed by atoms with Crippen molar-refractivity contribution in [1.29, 1.82) is 0 Å². The molecule has 3 N–H and O–H groups in total. The number of fused-ring (bicyclic) bond motifs is 3. The van der Waals surface area contributed by atoms with Crippen molar-refractivity contribution < 1.29 is 19.3 Å². The van der Waals surface area contributed by atoms with Crippen molar-refractivity contribution in [2.24, 2.45) is 0 Å². The second-order valence-electron chi connectivity index (χ2n) is 12.2. The van der Waals surface area contributed by atoms with Crippen LogP contribution in [0.2, 0.25) is 0 Å². The van der Waals surface area contributed by atoms with Crippen LogP contribution in [0.1, 0.15) is 67.7 Å². The Balaban J connectivity index is 0.000000130. The first-order valence-corrected chi connectivity index (χ1v) is 16.3. The summed E-state index contributed by atoms with van der Waals surface area (Å²) in [6.45, 7) is 7.09. The summed E-state index contributed by atoms with van der Waals surface area (Å²) in [6, 6.07) is 10.4. The number of nitro benzene ring substituents is 2. The SMILES string of the molecule is Cc1c(N)ccc2c1cnn2C1CCCCO1.Cc1c([N+](=O)[O-])ccc2[nH]ncc12.Cc1c([N+](=O)[O-])ccc2c1cnn2C1CCCCO1. The number of aromatic nitrogens is 6. The monoisotopic (exact) mass is 669 g/mol. The summed E-state index contributed by atoms with van der Waals surface area (Å²) in [4.78, 5) is 20.7. The topological polar surface area (TPSA) is 195 Å². The second kappa shape index (κ2) is 14.4. The summed E-state index contributed by atoms with van der Waals surface area (Å²) in [6.07, 6.45) is 11.8. The van der Waals surface area contributed by atoms with Crippen LogP contribution in [0.3, 0.4) is 0 Å². The second-order valence-corrected chi connectivity index (χ2v) is 12.2. The van der Waals surface area contributed by atoms with E-state index in [-0.39, 0.29) is 33.7 Å². The van der Waals surface area contributed by atoms with E-state index in [1.54, 1.807) is 44.4 Å². The van der Waals surface area contributed by atoms with Crippen LogP contribution in [-0.4, -0.2) is 52.8 Å². The normalized spacial score (nSPS) is 17.7. The zero-order valence-corrected chi connectivity index (χ0v) is 27.7. The number of benzene rings is 3. The number of nitrogen functional groups attached to an aromatic ring is 1. The molecule has 0 amide bonds. The summed E-state index contributed by atoms with van der Waals surface area (Å²) in [5, 5.41) is 39.6. The molecule has 8 rings (SSSR count). The number of hydrogen-bond donors (Lipinski definition) is 2. The summed E-state index contributed by atoms with van der Waals surface area (Å²) in [5.74, 6) is 0. The minimum atomic E-state index is -0.387. The molecule has 15 nitrogen and oxygen atoms in total. The molecule has 49 heavy (non-hydrogen) atoms. The quantitative estimate of drug-likeness (QED) is 0.109. The zero-order valence-electron chi connectivity index (χ0n) is 27.7. The zero-order chi connectivity index (χ0) is 34.7. The van der Waals surface area contributed by atoms with E-state index in [0.717, 1.165) is 89.3 Å². The van der Waals surface area contributed by atoms with Gasteiger partial charge in [0.25, 0.3) is 11.4 Å². The maximum Gasteiger partial charge on any atom is 0.273 e.